The number of aromatic amines is 1. The van der Waals surface area contributed by atoms with Crippen LogP contribution in [0.25, 0.3) is 44.5 Å². The first-order chi connectivity index (χ1) is 12.6. The van der Waals surface area contributed by atoms with Crippen LogP contribution in [0.15, 0.2) is 60.7 Å². The van der Waals surface area contributed by atoms with Crippen LogP contribution in [-0.4, -0.2) is 19.9 Å². The van der Waals surface area contributed by atoms with Crippen molar-refractivity contribution < 1.29 is 9.63 Å². The number of benzene rings is 3. The van der Waals surface area contributed by atoms with E-state index in [1.165, 1.54) is 0 Å². The molecule has 3 aromatic carbocycles. The Hall–Kier alpha value is -3.38. The van der Waals surface area contributed by atoms with Crippen molar-refractivity contribution in [1.82, 2.24) is 14.7 Å². The third-order valence-electron chi connectivity index (χ3n) is 4.47. The molecule has 7 heteroatoms. The molecule has 0 saturated heterocycles. The zero-order valence-corrected chi connectivity index (χ0v) is 14.1. The van der Waals surface area contributed by atoms with Gasteiger partial charge in [0.15, 0.2) is 11.0 Å². The number of rotatable bonds is 1. The second-order valence-corrected chi connectivity index (χ2v) is 6.48. The number of aromatic nitrogens is 4. The van der Waals surface area contributed by atoms with Crippen LogP contribution in [0.3, 0.4) is 0 Å². The van der Waals surface area contributed by atoms with Gasteiger partial charge < -0.3 is 10.2 Å². The Kier molecular flexibility index (Phi) is 3.05. The fraction of sp³-hybridized carbons (Fsp3) is 0. The first-order valence-corrected chi connectivity index (χ1v) is 8.34. The quantitative estimate of drug-likeness (QED) is 0.267. The van der Waals surface area contributed by atoms with Crippen molar-refractivity contribution in [2.75, 3.05) is 0 Å². The minimum atomic E-state index is 0.341. The Balaban J connectivity index is 1.84. The van der Waals surface area contributed by atoms with Gasteiger partial charge in [-0.15, -0.1) is 0 Å². The van der Waals surface area contributed by atoms with Crippen LogP contribution < -0.4 is 4.43 Å². The molecule has 0 radical (unpaired) electrons. The van der Waals surface area contributed by atoms with Crippen molar-refractivity contribution in [3.63, 3.8) is 0 Å². The number of H-pyrrole nitrogens is 1. The number of fused-ring (bicyclic) bond motifs is 3. The summed E-state index contributed by atoms with van der Waals surface area (Å²) in [6.45, 7) is 0. The topological polar surface area (TPSA) is 76.8 Å². The van der Waals surface area contributed by atoms with Crippen LogP contribution in [0.2, 0.25) is 5.02 Å². The molecule has 0 amide bonds. The van der Waals surface area contributed by atoms with Crippen LogP contribution in [0.1, 0.15) is 0 Å². The second-order valence-electron chi connectivity index (χ2n) is 6.05. The SMILES string of the molecule is O=[n+]1c2ccccc2n(O)c2cc3[nH]c(-c4ccc(Cl)cc4)nc3cc21. The van der Waals surface area contributed by atoms with Gasteiger partial charge in [0.1, 0.15) is 5.82 Å². The fourth-order valence-corrected chi connectivity index (χ4v) is 3.31. The summed E-state index contributed by atoms with van der Waals surface area (Å²) in [5.74, 6) is 0.665. The monoisotopic (exact) mass is 363 g/mol. The summed E-state index contributed by atoms with van der Waals surface area (Å²) in [6, 6.07) is 17.6. The number of para-hydroxylation sites is 2. The maximum atomic E-state index is 12.7. The molecular weight excluding hydrogens is 352 g/mol. The standard InChI is InChI=1S/C19H12ClN4O2/c20-12-7-5-11(6-8-12)19-21-13-9-17-18(10-14(13)22-19)24(26)16-4-2-1-3-15(16)23(17)25/h1-10,25H,(H,21,22)/q+1. The third-order valence-corrected chi connectivity index (χ3v) is 4.72. The van der Waals surface area contributed by atoms with Gasteiger partial charge in [0.25, 0.3) is 11.0 Å². The van der Waals surface area contributed by atoms with Gasteiger partial charge in [0.05, 0.1) is 15.5 Å². The molecule has 0 spiro atoms. The molecule has 2 N–H and O–H groups in total. The zero-order valence-electron chi connectivity index (χ0n) is 13.3. The molecule has 0 fully saturated rings. The van der Waals surface area contributed by atoms with Gasteiger partial charge in [-0.05, 0) is 36.4 Å². The van der Waals surface area contributed by atoms with Crippen LogP contribution in [0, 0.1) is 4.91 Å². The highest BCUT2D eigenvalue weighted by atomic mass is 35.5. The summed E-state index contributed by atoms with van der Waals surface area (Å²) < 4.78 is 1.84. The Labute approximate surface area is 151 Å². The average Bonchev–Trinajstić information content (AvgIpc) is 3.08. The minimum absolute atomic E-state index is 0.341. The first-order valence-electron chi connectivity index (χ1n) is 7.97. The molecule has 0 aliphatic heterocycles. The van der Waals surface area contributed by atoms with Crippen LogP contribution in [0.5, 0.6) is 0 Å². The van der Waals surface area contributed by atoms with E-state index in [2.05, 4.69) is 9.97 Å². The van der Waals surface area contributed by atoms with Crippen molar-refractivity contribution in [2.45, 2.75) is 0 Å². The Morgan fingerprint density at radius 1 is 1.00 bits per heavy atom. The van der Waals surface area contributed by atoms with E-state index in [4.69, 9.17) is 11.6 Å². The molecule has 0 saturated carbocycles. The molecule has 5 rings (SSSR count). The van der Waals surface area contributed by atoms with E-state index in [0.29, 0.717) is 38.4 Å². The predicted molar refractivity (Wildman–Crippen MR) is 100 cm³/mol. The lowest BCUT2D eigenvalue weighted by Gasteiger charge is -2.02. The third kappa shape index (κ3) is 2.09. The first kappa shape index (κ1) is 14.9. The second kappa shape index (κ2) is 5.31. The van der Waals surface area contributed by atoms with E-state index in [9.17, 15) is 10.1 Å². The van der Waals surface area contributed by atoms with Gasteiger partial charge in [0, 0.05) is 27.6 Å². The Morgan fingerprint density at radius 2 is 1.77 bits per heavy atom. The summed E-state index contributed by atoms with van der Waals surface area (Å²) in [7, 11) is 0. The van der Waals surface area contributed by atoms with Crippen molar-refractivity contribution in [3.8, 4) is 11.4 Å². The number of hydrogen-bond donors (Lipinski definition) is 2. The summed E-state index contributed by atoms with van der Waals surface area (Å²) in [5.41, 5.74) is 3.81. The summed E-state index contributed by atoms with van der Waals surface area (Å²) in [4.78, 5) is 20.5. The maximum absolute atomic E-state index is 12.7. The number of imidazole rings is 1. The number of nitrogens with zero attached hydrogens (tertiary/aromatic N) is 3. The lowest BCUT2D eigenvalue weighted by atomic mass is 10.2. The van der Waals surface area contributed by atoms with Gasteiger partial charge in [-0.2, -0.15) is 4.73 Å². The molecule has 126 valence electrons. The van der Waals surface area contributed by atoms with Crippen molar-refractivity contribution in [1.29, 1.82) is 0 Å². The van der Waals surface area contributed by atoms with Gasteiger partial charge >= 0.3 is 0 Å². The van der Waals surface area contributed by atoms with Gasteiger partial charge in [-0.1, -0.05) is 23.7 Å². The van der Waals surface area contributed by atoms with E-state index >= 15 is 0 Å². The zero-order chi connectivity index (χ0) is 17.8. The molecule has 0 unspecified atom stereocenters. The van der Waals surface area contributed by atoms with E-state index in [1.807, 2.05) is 12.1 Å². The Morgan fingerprint density at radius 3 is 2.58 bits per heavy atom. The van der Waals surface area contributed by atoms with E-state index in [1.54, 1.807) is 48.5 Å². The minimum Gasteiger partial charge on any atom is -0.427 e. The summed E-state index contributed by atoms with van der Waals surface area (Å²) >= 11 is 5.94. The van der Waals surface area contributed by atoms with Gasteiger partial charge in [0.2, 0.25) is 0 Å². The highest BCUT2D eigenvalue weighted by Gasteiger charge is 2.20. The molecule has 5 aromatic rings. The molecular formula is C19H12ClN4O2+. The lowest BCUT2D eigenvalue weighted by molar-refractivity contribution is -0.433. The van der Waals surface area contributed by atoms with E-state index in [0.717, 1.165) is 20.2 Å². The molecule has 0 aliphatic carbocycles. The molecule has 6 nitrogen and oxygen atoms in total. The molecule has 26 heavy (non-hydrogen) atoms. The average molecular weight is 364 g/mol. The van der Waals surface area contributed by atoms with E-state index in [-0.39, 0.29) is 0 Å². The number of hydrogen-bond acceptors (Lipinski definition) is 3. The summed E-state index contributed by atoms with van der Waals surface area (Å²) in [5, 5.41) is 11.2. The lowest BCUT2D eigenvalue weighted by Crippen LogP contribution is -2.20. The van der Waals surface area contributed by atoms with Crippen molar-refractivity contribution in [2.24, 2.45) is 0 Å². The molecule has 0 bridgehead atoms. The highest BCUT2D eigenvalue weighted by molar-refractivity contribution is 6.30. The normalized spacial score (nSPS) is 11.6. The molecule has 0 aliphatic rings. The van der Waals surface area contributed by atoms with Crippen LogP contribution in [0.4, 0.5) is 0 Å². The van der Waals surface area contributed by atoms with Gasteiger partial charge in [-0.3, -0.25) is 0 Å². The van der Waals surface area contributed by atoms with Crippen molar-refractivity contribution >= 4 is 44.7 Å². The van der Waals surface area contributed by atoms with E-state index < -0.39 is 0 Å². The molecule has 2 heterocycles. The maximum Gasteiger partial charge on any atom is 0.292 e. The molecule has 2 aromatic heterocycles. The largest absolute Gasteiger partial charge is 0.427 e. The smallest absolute Gasteiger partial charge is 0.292 e. The van der Waals surface area contributed by atoms with Gasteiger partial charge in [-0.25, -0.2) is 4.98 Å². The fourth-order valence-electron chi connectivity index (χ4n) is 3.19. The van der Waals surface area contributed by atoms with Crippen LogP contribution in [-0.2, 0) is 0 Å². The highest BCUT2D eigenvalue weighted by Crippen LogP contribution is 2.25. The number of nitrogens with one attached hydrogen (secondary N) is 1. The molecule has 0 atom stereocenters. The summed E-state index contributed by atoms with van der Waals surface area (Å²) in [6.07, 6.45) is 0. The predicted octanol–water partition coefficient (Wildman–Crippen LogP) is 4.14. The number of halogens is 1. The Bertz CT molecular complexity index is 1370. The van der Waals surface area contributed by atoms with Crippen LogP contribution >= 0.6 is 11.6 Å². The van der Waals surface area contributed by atoms with Crippen molar-refractivity contribution in [3.05, 3.63) is 70.6 Å².